The topological polar surface area (TPSA) is 18.5 Å². The van der Waals surface area contributed by atoms with E-state index in [1.807, 2.05) is 53.7 Å². The van der Waals surface area contributed by atoms with Crippen LogP contribution in [-0.4, -0.2) is 11.2 Å². The van der Waals surface area contributed by atoms with Gasteiger partial charge in [0.2, 0.25) is 0 Å². The van der Waals surface area contributed by atoms with Crippen LogP contribution < -0.4 is 0 Å². The Morgan fingerprint density at radius 2 is 0.750 bits per heavy atom. The van der Waals surface area contributed by atoms with Crippen molar-refractivity contribution in [2.24, 2.45) is 0 Å². The van der Waals surface area contributed by atoms with Gasteiger partial charge in [0.1, 0.15) is 0 Å². The Hall–Kier alpha value is -1.64. The van der Waals surface area contributed by atoms with Crippen LogP contribution in [0, 0.1) is 0 Å². The largest absolute Gasteiger partial charge is 0.230 e. The van der Waals surface area contributed by atoms with E-state index in [1.165, 1.54) is 11.1 Å². The Morgan fingerprint density at radius 1 is 0.500 bits per heavy atom. The minimum Gasteiger partial charge on any atom is -0.230 e. The first-order valence-corrected chi connectivity index (χ1v) is 10.3. The lowest BCUT2D eigenvalue weighted by molar-refractivity contribution is -0.393. The van der Waals surface area contributed by atoms with E-state index in [4.69, 9.17) is 9.78 Å². The molecule has 2 heteroatoms. The molecule has 2 nitrogen and oxygen atoms in total. The van der Waals surface area contributed by atoms with Crippen LogP contribution in [0.5, 0.6) is 0 Å². The molecule has 0 saturated carbocycles. The molecule has 0 amide bonds. The quantitative estimate of drug-likeness (QED) is 0.391. The second-order valence-electron chi connectivity index (χ2n) is 9.52. The Balaban J connectivity index is 0.000000391. The number of hydrogen-bond donors (Lipinski definition) is 0. The fourth-order valence-electron chi connectivity index (χ4n) is 1.93. The van der Waals surface area contributed by atoms with Crippen molar-refractivity contribution in [3.63, 3.8) is 0 Å². The van der Waals surface area contributed by atoms with E-state index in [0.717, 1.165) is 0 Å². The molecule has 2 rings (SSSR count). The molecule has 2 aromatic rings. The van der Waals surface area contributed by atoms with Crippen molar-refractivity contribution < 1.29 is 9.78 Å². The van der Waals surface area contributed by atoms with E-state index >= 15 is 0 Å². The maximum absolute atomic E-state index is 5.09. The molecule has 0 N–H and O–H groups in total. The van der Waals surface area contributed by atoms with Gasteiger partial charge >= 0.3 is 0 Å². The number of hydrogen-bond acceptors (Lipinski definition) is 2. The summed E-state index contributed by atoms with van der Waals surface area (Å²) in [6.45, 7) is 20.6. The summed E-state index contributed by atoms with van der Waals surface area (Å²) in [4.78, 5) is 10.2. The molecule has 0 saturated heterocycles. The summed E-state index contributed by atoms with van der Waals surface area (Å²) < 4.78 is 0. The molecular formula is C26H42O2. The lowest BCUT2D eigenvalue weighted by atomic mass is 10.0. The van der Waals surface area contributed by atoms with Crippen LogP contribution in [0.15, 0.2) is 60.7 Å². The molecule has 0 aliphatic carbocycles. The summed E-state index contributed by atoms with van der Waals surface area (Å²) in [7, 11) is 0. The smallest absolute Gasteiger partial charge is 0.0952 e. The van der Waals surface area contributed by atoms with Gasteiger partial charge in [0.25, 0.3) is 0 Å². The van der Waals surface area contributed by atoms with Gasteiger partial charge in [-0.1, -0.05) is 88.4 Å². The zero-order chi connectivity index (χ0) is 21.8. The van der Waals surface area contributed by atoms with Crippen molar-refractivity contribution in [3.05, 3.63) is 71.8 Å². The molecule has 0 aliphatic heterocycles. The lowest BCUT2D eigenvalue weighted by Gasteiger charge is -2.24. The fourth-order valence-corrected chi connectivity index (χ4v) is 1.93. The Labute approximate surface area is 174 Å². The number of rotatable bonds is 3. The van der Waals surface area contributed by atoms with E-state index in [0.29, 0.717) is 11.8 Å². The van der Waals surface area contributed by atoms with Gasteiger partial charge in [0.05, 0.1) is 11.2 Å². The first kappa shape index (κ1) is 26.4. The lowest BCUT2D eigenvalue weighted by Crippen LogP contribution is -2.27. The normalized spacial score (nSPS) is 11.4. The summed E-state index contributed by atoms with van der Waals surface area (Å²) in [5.41, 5.74) is 2.40. The van der Waals surface area contributed by atoms with Gasteiger partial charge < -0.3 is 0 Å². The van der Waals surface area contributed by atoms with Gasteiger partial charge in [-0.25, -0.2) is 9.78 Å². The highest BCUT2D eigenvalue weighted by Gasteiger charge is 2.18. The molecule has 0 radical (unpaired) electrons. The van der Waals surface area contributed by atoms with Crippen LogP contribution >= 0.6 is 0 Å². The van der Waals surface area contributed by atoms with E-state index in [1.54, 1.807) is 0 Å². The van der Waals surface area contributed by atoms with Gasteiger partial charge in [0.15, 0.2) is 0 Å². The van der Waals surface area contributed by atoms with Gasteiger partial charge in [-0.15, -0.1) is 0 Å². The molecule has 2 aromatic carbocycles. The molecule has 0 heterocycles. The molecule has 0 spiro atoms. The summed E-state index contributed by atoms with van der Waals surface area (Å²) in [5, 5.41) is 0. The SMILES string of the molecule is CC(C)(C)OOC(C)(C)C.CC(C)c1ccccc1.CC(C)c1ccccc1. The van der Waals surface area contributed by atoms with E-state index in [2.05, 4.69) is 76.2 Å². The van der Waals surface area contributed by atoms with E-state index in [9.17, 15) is 0 Å². The van der Waals surface area contributed by atoms with Crippen LogP contribution in [0.2, 0.25) is 0 Å². The molecule has 0 bridgehead atoms. The van der Waals surface area contributed by atoms with E-state index in [-0.39, 0.29) is 11.2 Å². The monoisotopic (exact) mass is 386 g/mol. The van der Waals surface area contributed by atoms with Crippen LogP contribution in [0.25, 0.3) is 0 Å². The third-order valence-corrected chi connectivity index (χ3v) is 3.47. The fraction of sp³-hybridized carbons (Fsp3) is 0.538. The molecule has 0 atom stereocenters. The van der Waals surface area contributed by atoms with Crippen LogP contribution in [0.3, 0.4) is 0 Å². The zero-order valence-corrected chi connectivity index (χ0v) is 19.7. The van der Waals surface area contributed by atoms with Gasteiger partial charge in [-0.2, -0.15) is 0 Å². The van der Waals surface area contributed by atoms with Gasteiger partial charge in [0, 0.05) is 0 Å². The summed E-state index contributed by atoms with van der Waals surface area (Å²) in [6, 6.07) is 21.0. The Bertz CT molecular complexity index is 545. The molecular weight excluding hydrogens is 344 g/mol. The third-order valence-electron chi connectivity index (χ3n) is 3.47. The first-order chi connectivity index (χ1) is 12.8. The summed E-state index contributed by atoms with van der Waals surface area (Å²) in [5.74, 6) is 1.32. The van der Waals surface area contributed by atoms with Crippen molar-refractivity contribution in [2.75, 3.05) is 0 Å². The van der Waals surface area contributed by atoms with Crippen LogP contribution in [-0.2, 0) is 9.78 Å². The van der Waals surface area contributed by atoms with Crippen molar-refractivity contribution in [3.8, 4) is 0 Å². The summed E-state index contributed by atoms with van der Waals surface area (Å²) in [6.07, 6.45) is 0. The highest BCUT2D eigenvalue weighted by molar-refractivity contribution is 5.18. The highest BCUT2D eigenvalue weighted by Crippen LogP contribution is 2.15. The molecule has 0 unspecified atom stereocenters. The minimum atomic E-state index is -0.215. The van der Waals surface area contributed by atoms with Crippen molar-refractivity contribution in [1.29, 1.82) is 0 Å². The van der Waals surface area contributed by atoms with Crippen molar-refractivity contribution in [1.82, 2.24) is 0 Å². The van der Waals surface area contributed by atoms with Gasteiger partial charge in [-0.3, -0.25) is 0 Å². The average molecular weight is 387 g/mol. The minimum absolute atomic E-state index is 0.215. The Kier molecular flexibility index (Phi) is 12.0. The molecule has 0 aromatic heterocycles. The molecule has 28 heavy (non-hydrogen) atoms. The highest BCUT2D eigenvalue weighted by atomic mass is 17.2. The van der Waals surface area contributed by atoms with Crippen LogP contribution in [0.4, 0.5) is 0 Å². The maximum Gasteiger partial charge on any atom is 0.0952 e. The van der Waals surface area contributed by atoms with Crippen molar-refractivity contribution in [2.45, 2.75) is 92.3 Å². The molecule has 0 fully saturated rings. The van der Waals surface area contributed by atoms with Gasteiger partial charge in [-0.05, 0) is 64.5 Å². The Morgan fingerprint density at radius 3 is 0.893 bits per heavy atom. The molecule has 0 aliphatic rings. The summed E-state index contributed by atoms with van der Waals surface area (Å²) >= 11 is 0. The maximum atomic E-state index is 5.09. The molecule has 158 valence electrons. The van der Waals surface area contributed by atoms with Crippen LogP contribution in [0.1, 0.15) is 92.2 Å². The standard InChI is InChI=1S/2C9H12.C8H18O2/c2*1-8(2)9-6-4-3-5-7-9;1-7(2,3)9-10-8(4,5)6/h2*3-8H,1-2H3;1-6H3. The predicted octanol–water partition coefficient (Wildman–Crippen LogP) is 8.15. The second kappa shape index (κ2) is 12.7. The average Bonchev–Trinajstić information content (AvgIpc) is 2.61. The van der Waals surface area contributed by atoms with Crippen molar-refractivity contribution >= 4 is 0 Å². The second-order valence-corrected chi connectivity index (χ2v) is 9.52. The van der Waals surface area contributed by atoms with E-state index < -0.39 is 0 Å². The third kappa shape index (κ3) is 15.4. The first-order valence-electron chi connectivity index (χ1n) is 10.3. The zero-order valence-electron chi connectivity index (χ0n) is 19.7. The number of benzene rings is 2. The predicted molar refractivity (Wildman–Crippen MR) is 123 cm³/mol.